The van der Waals surface area contributed by atoms with E-state index in [1.54, 1.807) is 31.2 Å². The van der Waals surface area contributed by atoms with Gasteiger partial charge in [-0.1, -0.05) is 46.3 Å². The van der Waals surface area contributed by atoms with Crippen LogP contribution in [0.25, 0.3) is 0 Å². The third-order valence-electron chi connectivity index (χ3n) is 4.85. The van der Waals surface area contributed by atoms with Crippen LogP contribution in [0.15, 0.2) is 59.1 Å². The van der Waals surface area contributed by atoms with Crippen LogP contribution in [0.4, 0.5) is 5.69 Å². The lowest BCUT2D eigenvalue weighted by molar-refractivity contribution is -0.140. The quantitative estimate of drug-likeness (QED) is 0.532. The van der Waals surface area contributed by atoms with E-state index in [0.29, 0.717) is 12.1 Å². The van der Waals surface area contributed by atoms with E-state index in [-0.39, 0.29) is 31.3 Å². The molecule has 0 unspecified atom stereocenters. The van der Waals surface area contributed by atoms with E-state index in [0.717, 1.165) is 16.3 Å². The summed E-state index contributed by atoms with van der Waals surface area (Å²) < 4.78 is 26.6. The van der Waals surface area contributed by atoms with Crippen LogP contribution in [-0.4, -0.2) is 51.0 Å². The number of hydrogen-bond donors (Lipinski definition) is 1. The molecule has 0 aliphatic heterocycles. The maximum absolute atomic E-state index is 13.0. The molecular weight excluding hydrogens is 482 g/mol. The van der Waals surface area contributed by atoms with Crippen LogP contribution in [0, 0.1) is 0 Å². The second-order valence-electron chi connectivity index (χ2n) is 7.22. The number of halogens is 1. The number of benzene rings is 2. The molecule has 0 aliphatic rings. The van der Waals surface area contributed by atoms with E-state index < -0.39 is 16.1 Å². The molecule has 7 nitrogen and oxygen atoms in total. The molecule has 31 heavy (non-hydrogen) atoms. The first-order chi connectivity index (χ1) is 14.6. The predicted molar refractivity (Wildman–Crippen MR) is 126 cm³/mol. The summed E-state index contributed by atoms with van der Waals surface area (Å²) in [6.07, 6.45) is 1.60. The van der Waals surface area contributed by atoms with Crippen LogP contribution in [0.5, 0.6) is 0 Å². The van der Waals surface area contributed by atoms with Gasteiger partial charge in [0, 0.05) is 31.0 Å². The van der Waals surface area contributed by atoms with Crippen molar-refractivity contribution in [3.05, 3.63) is 64.6 Å². The molecule has 0 heterocycles. The molecular formula is C22H28BrN3O4S. The fourth-order valence-corrected chi connectivity index (χ4v) is 4.63. The number of hydrogen-bond acceptors (Lipinski definition) is 4. The monoisotopic (exact) mass is 509 g/mol. The minimum absolute atomic E-state index is 0.119. The minimum atomic E-state index is -3.48. The third kappa shape index (κ3) is 7.36. The van der Waals surface area contributed by atoms with Crippen molar-refractivity contribution in [1.29, 1.82) is 0 Å². The average molecular weight is 510 g/mol. The van der Waals surface area contributed by atoms with Gasteiger partial charge in [-0.2, -0.15) is 0 Å². The van der Waals surface area contributed by atoms with E-state index in [2.05, 4.69) is 21.2 Å². The molecule has 1 atom stereocenters. The number of amides is 2. The Bertz CT molecular complexity index is 999. The molecule has 1 N–H and O–H groups in total. The third-order valence-corrected chi connectivity index (χ3v) is 6.54. The van der Waals surface area contributed by atoms with Gasteiger partial charge < -0.3 is 10.2 Å². The predicted octanol–water partition coefficient (Wildman–Crippen LogP) is 3.16. The van der Waals surface area contributed by atoms with Crippen LogP contribution in [0.3, 0.4) is 0 Å². The first kappa shape index (κ1) is 24.9. The molecule has 0 fully saturated rings. The van der Waals surface area contributed by atoms with Gasteiger partial charge in [-0.05, 0) is 43.2 Å². The second-order valence-corrected chi connectivity index (χ2v) is 10.0. The first-order valence-corrected chi connectivity index (χ1v) is 12.6. The molecule has 2 rings (SSSR count). The number of nitrogens with zero attached hydrogens (tertiary/aromatic N) is 2. The molecule has 0 saturated heterocycles. The highest BCUT2D eigenvalue weighted by Crippen LogP contribution is 2.19. The molecule has 0 aliphatic carbocycles. The van der Waals surface area contributed by atoms with Crippen LogP contribution in [0.1, 0.15) is 25.3 Å². The van der Waals surface area contributed by atoms with Crippen molar-refractivity contribution >= 4 is 43.5 Å². The summed E-state index contributed by atoms with van der Waals surface area (Å²) in [6, 6.07) is 15.7. The van der Waals surface area contributed by atoms with Gasteiger partial charge in [-0.15, -0.1) is 0 Å². The first-order valence-electron chi connectivity index (χ1n) is 9.91. The number of anilines is 1. The van der Waals surface area contributed by atoms with Crippen LogP contribution in [0.2, 0.25) is 0 Å². The summed E-state index contributed by atoms with van der Waals surface area (Å²) in [5, 5.41) is 2.58. The molecule has 0 radical (unpaired) electrons. The lowest BCUT2D eigenvalue weighted by atomic mass is 10.1. The molecule has 2 aromatic rings. The summed E-state index contributed by atoms with van der Waals surface area (Å²) >= 11 is 3.42. The van der Waals surface area contributed by atoms with E-state index in [1.165, 1.54) is 16.3 Å². The Balaban J connectivity index is 2.12. The van der Waals surface area contributed by atoms with Crippen molar-refractivity contribution in [3.63, 3.8) is 0 Å². The van der Waals surface area contributed by atoms with Crippen molar-refractivity contribution < 1.29 is 18.0 Å². The molecule has 0 aromatic heterocycles. The Labute approximate surface area is 192 Å². The summed E-state index contributed by atoms with van der Waals surface area (Å²) in [7, 11) is -1.95. The maximum Gasteiger partial charge on any atom is 0.242 e. The van der Waals surface area contributed by atoms with E-state index in [1.807, 2.05) is 30.3 Å². The van der Waals surface area contributed by atoms with Crippen LogP contribution < -0.4 is 9.62 Å². The molecule has 0 saturated carbocycles. The van der Waals surface area contributed by atoms with Crippen molar-refractivity contribution in [2.75, 3.05) is 24.2 Å². The normalized spacial score (nSPS) is 12.1. The number of rotatable bonds is 10. The van der Waals surface area contributed by atoms with Gasteiger partial charge in [0.25, 0.3) is 0 Å². The largest absolute Gasteiger partial charge is 0.357 e. The standard InChI is InChI=1S/C22H28BrN3O4S/c1-17(22(28)24-2)25(16-18-9-7-10-19(23)15-18)21(27)13-8-14-26(31(3,29)30)20-11-5-4-6-12-20/h4-7,9-12,15,17H,8,13-14,16H2,1-3H3,(H,24,28)/t17-/m0/s1. The molecule has 2 amide bonds. The lowest BCUT2D eigenvalue weighted by Crippen LogP contribution is -2.46. The highest BCUT2D eigenvalue weighted by Gasteiger charge is 2.26. The van der Waals surface area contributed by atoms with Gasteiger partial charge >= 0.3 is 0 Å². The number of likely N-dealkylation sites (N-methyl/N-ethyl adjacent to an activating group) is 1. The number of carbonyl (C=O) groups is 2. The lowest BCUT2D eigenvalue weighted by Gasteiger charge is -2.29. The zero-order valence-corrected chi connectivity index (χ0v) is 20.3. The van der Waals surface area contributed by atoms with Gasteiger partial charge in [-0.3, -0.25) is 13.9 Å². The number of carbonyl (C=O) groups excluding carboxylic acids is 2. The minimum Gasteiger partial charge on any atom is -0.357 e. The fraction of sp³-hybridized carbons (Fsp3) is 0.364. The van der Waals surface area contributed by atoms with Crippen LogP contribution in [-0.2, 0) is 26.2 Å². The Kier molecular flexibility index (Phi) is 9.06. The molecule has 9 heteroatoms. The maximum atomic E-state index is 13.0. The van der Waals surface area contributed by atoms with E-state index in [4.69, 9.17) is 0 Å². The second kappa shape index (κ2) is 11.3. The van der Waals surface area contributed by atoms with Gasteiger partial charge in [0.05, 0.1) is 11.9 Å². The molecule has 0 spiro atoms. The van der Waals surface area contributed by atoms with Crippen LogP contribution >= 0.6 is 15.9 Å². The van der Waals surface area contributed by atoms with Gasteiger partial charge in [0.1, 0.15) is 6.04 Å². The van der Waals surface area contributed by atoms with Gasteiger partial charge in [0.2, 0.25) is 21.8 Å². The zero-order chi connectivity index (χ0) is 23.0. The van der Waals surface area contributed by atoms with E-state index in [9.17, 15) is 18.0 Å². The Hall–Kier alpha value is -2.39. The summed E-state index contributed by atoms with van der Waals surface area (Å²) in [6.45, 7) is 2.14. The number of nitrogens with one attached hydrogen (secondary N) is 1. The zero-order valence-electron chi connectivity index (χ0n) is 17.9. The Morgan fingerprint density at radius 3 is 2.35 bits per heavy atom. The SMILES string of the molecule is CNC(=O)[C@H](C)N(Cc1cccc(Br)c1)C(=O)CCCN(c1ccccc1)S(C)(=O)=O. The van der Waals surface area contributed by atoms with E-state index >= 15 is 0 Å². The molecule has 168 valence electrons. The van der Waals surface area contributed by atoms with Crippen molar-refractivity contribution in [2.45, 2.75) is 32.4 Å². The van der Waals surface area contributed by atoms with Crippen molar-refractivity contribution in [1.82, 2.24) is 10.2 Å². The van der Waals surface area contributed by atoms with Gasteiger partial charge in [-0.25, -0.2) is 8.42 Å². The number of sulfonamides is 1. The fourth-order valence-electron chi connectivity index (χ4n) is 3.22. The average Bonchev–Trinajstić information content (AvgIpc) is 2.73. The van der Waals surface area contributed by atoms with Crippen molar-refractivity contribution in [2.24, 2.45) is 0 Å². The topological polar surface area (TPSA) is 86.8 Å². The summed E-state index contributed by atoms with van der Waals surface area (Å²) in [5.74, 6) is -0.469. The smallest absolute Gasteiger partial charge is 0.242 e. The Morgan fingerprint density at radius 2 is 1.77 bits per heavy atom. The summed E-state index contributed by atoms with van der Waals surface area (Å²) in [5.41, 5.74) is 1.45. The summed E-state index contributed by atoms with van der Waals surface area (Å²) in [4.78, 5) is 26.8. The number of para-hydroxylation sites is 1. The highest BCUT2D eigenvalue weighted by molar-refractivity contribution is 9.10. The Morgan fingerprint density at radius 1 is 1.10 bits per heavy atom. The van der Waals surface area contributed by atoms with Crippen molar-refractivity contribution in [3.8, 4) is 0 Å². The molecule has 0 bridgehead atoms. The highest BCUT2D eigenvalue weighted by atomic mass is 79.9. The van der Waals surface area contributed by atoms with Gasteiger partial charge in [0.15, 0.2) is 0 Å². The molecule has 2 aromatic carbocycles.